The van der Waals surface area contributed by atoms with Gasteiger partial charge < -0.3 is 43.1 Å². The summed E-state index contributed by atoms with van der Waals surface area (Å²) in [4.78, 5) is 71.1. The maximum absolute atomic E-state index is 12.2. The highest BCUT2D eigenvalue weighted by atomic mass is 32.9. The quantitative estimate of drug-likeness (QED) is 0.0527. The predicted octanol–water partition coefficient (Wildman–Crippen LogP) is 13.9. The molecule has 0 amide bonds. The minimum atomic E-state index is -1.57. The Bertz CT molecular complexity index is 2370. The van der Waals surface area contributed by atoms with E-state index in [4.69, 9.17) is 62.0 Å². The Kier molecular flexibility index (Phi) is 52.1. The fraction of sp³-hybridized carbons (Fsp3) is 0.644. The first-order valence-electron chi connectivity index (χ1n) is 23.6. The Balaban J connectivity index is -0.000000189. The largest absolute Gasteiger partial charge is 0.620 e. The van der Waals surface area contributed by atoms with Crippen molar-refractivity contribution in [1.29, 1.82) is 0 Å². The topological polar surface area (TPSA) is 176 Å². The molecule has 0 aromatic heterocycles. The fourth-order valence-electron chi connectivity index (χ4n) is 7.64. The molecule has 5 rings (SSSR count). The predicted molar refractivity (Wildman–Crippen MR) is 358 cm³/mol. The van der Waals surface area contributed by atoms with Gasteiger partial charge in [-0.05, 0) is 137 Å². The number of methoxy groups -OCH3 is 3. The zero-order valence-corrected chi connectivity index (χ0v) is 49.8. The van der Waals surface area contributed by atoms with E-state index >= 15 is 0 Å². The molecule has 0 heterocycles. The zero-order chi connectivity index (χ0) is 52.8. The summed E-state index contributed by atoms with van der Waals surface area (Å²) in [5.74, 6) is 0.0625. The molecule has 1 spiro atoms. The van der Waals surface area contributed by atoms with Gasteiger partial charge in [-0.1, -0.05) is 124 Å². The molecule has 3 aromatic carbocycles. The molecule has 2 saturated carbocycles. The van der Waals surface area contributed by atoms with Gasteiger partial charge in [0.15, 0.2) is 29.0 Å². The van der Waals surface area contributed by atoms with Crippen LogP contribution in [0.3, 0.4) is 0 Å². The van der Waals surface area contributed by atoms with E-state index in [0.717, 1.165) is 101 Å². The van der Waals surface area contributed by atoms with Gasteiger partial charge in [-0.3, -0.25) is 0 Å². The molecule has 0 bridgehead atoms. The van der Waals surface area contributed by atoms with E-state index in [1.54, 1.807) is 40.0 Å². The van der Waals surface area contributed by atoms with E-state index in [1.807, 2.05) is 81.4 Å². The standard InChI is InChI=1S/C18H19O4PS2.C16H27O4PS2.C16H23O4PS2.9CH4/c1-4-18(2,21-3)17(19)22-15-9-5-13(6-10-15)14-7-11-16(12-8-14)23(20)25-24;1-4-15(2,19-3)14(17)20-10-7-12-5-8-16(9-6-12)11-13(16)21(18)23-22;1-4-16(2,19-3)15(17)20-11-9-13-5-7-14(8-6-13)10-12-21(18)23-22;;;;;;;;;/h5-12H,4H2,1-3H3;12-13H,4-11H2,1-3H3;5-8H,4,9-12H2,1-3H3;9*1H4. The van der Waals surface area contributed by atoms with E-state index < -0.39 is 43.5 Å². The first-order chi connectivity index (χ1) is 33.8. The highest BCUT2D eigenvalue weighted by Gasteiger charge is 2.61. The lowest BCUT2D eigenvalue weighted by Gasteiger charge is -2.29. The van der Waals surface area contributed by atoms with Gasteiger partial charge >= 0.3 is 17.9 Å². The Hall–Kier alpha value is -1.95. The van der Waals surface area contributed by atoms with Crippen molar-refractivity contribution in [1.82, 2.24) is 0 Å². The van der Waals surface area contributed by atoms with Crippen LogP contribution >= 0.6 is 20.8 Å². The van der Waals surface area contributed by atoms with Crippen LogP contribution in [-0.2, 0) is 113 Å². The van der Waals surface area contributed by atoms with Gasteiger partial charge in [0.05, 0.1) is 13.2 Å². The van der Waals surface area contributed by atoms with Crippen molar-refractivity contribution in [3.8, 4) is 16.9 Å². The highest BCUT2D eigenvalue weighted by molar-refractivity contribution is 8.35. The molecular formula is C59H105O12P3S6. The molecule has 0 aliphatic heterocycles. The molecule has 464 valence electrons. The number of aryl methyl sites for hydroxylation is 1. The van der Waals surface area contributed by atoms with Gasteiger partial charge in [-0.15, -0.1) is 0 Å². The highest BCUT2D eigenvalue weighted by Crippen LogP contribution is 2.65. The lowest BCUT2D eigenvalue weighted by molar-refractivity contribution is -0.168. The van der Waals surface area contributed by atoms with Crippen molar-refractivity contribution in [2.75, 3.05) is 40.7 Å². The Morgan fingerprint density at radius 2 is 1.00 bits per heavy atom. The number of ether oxygens (including phenoxy) is 6. The van der Waals surface area contributed by atoms with Gasteiger partial charge in [0.25, 0.3) is 0 Å². The minimum absolute atomic E-state index is 0. The number of hydrogen-bond donors (Lipinski definition) is 0. The number of carbonyl (C=O) groups is 3. The molecule has 21 heteroatoms. The first-order valence-corrected chi connectivity index (χ1v) is 34.6. The molecule has 0 radical (unpaired) electrons. The number of hydrogen-bond acceptors (Lipinski definition) is 15. The molecule has 3 aromatic rings. The van der Waals surface area contributed by atoms with Crippen LogP contribution in [0.5, 0.6) is 5.75 Å². The number of benzene rings is 3. The van der Waals surface area contributed by atoms with Crippen molar-refractivity contribution < 1.29 is 57.5 Å². The smallest absolute Gasteiger partial charge is 0.343 e. The van der Waals surface area contributed by atoms with Crippen molar-refractivity contribution in [2.45, 2.75) is 201 Å². The van der Waals surface area contributed by atoms with Crippen LogP contribution in [0.2, 0.25) is 0 Å². The molecule has 2 aliphatic carbocycles. The van der Waals surface area contributed by atoms with Gasteiger partial charge in [0.2, 0.25) is 0 Å². The maximum atomic E-state index is 12.2. The lowest BCUT2D eigenvalue weighted by Crippen LogP contribution is -2.40. The van der Waals surface area contributed by atoms with Crippen LogP contribution in [0.15, 0.2) is 72.8 Å². The van der Waals surface area contributed by atoms with Crippen LogP contribution < -0.4 is 24.7 Å². The molecule has 80 heavy (non-hydrogen) atoms. The third kappa shape index (κ3) is 27.8. The number of esters is 3. The van der Waals surface area contributed by atoms with Crippen molar-refractivity contribution in [3.05, 3.63) is 83.9 Å². The first kappa shape index (κ1) is 91.8. The average Bonchev–Trinajstić information content (AvgIpc) is 4.12. The zero-order valence-electron chi connectivity index (χ0n) is 42.2. The third-order valence-corrected chi connectivity index (χ3v) is 24.2. The van der Waals surface area contributed by atoms with Crippen molar-refractivity contribution in [2.24, 2.45) is 11.3 Å². The van der Waals surface area contributed by atoms with Gasteiger partial charge in [0, 0.05) is 79.6 Å². The van der Waals surface area contributed by atoms with E-state index in [0.29, 0.717) is 67.8 Å². The molecule has 7 atom stereocenters. The SMILES string of the molecule is C.C.C.C.C.C.C.C.C.CCC(C)(OC)C(=O)OCCC1CCC2(CC1)CC2[P+]([O-])=S=S.CCC(C)(OC)C(=O)OCCc1ccc(CC[P+]([O-])=S=S)cc1.CCC(C)(OC)C(=O)Oc1ccc(-c2ccc([P+]([O-])=S=S)cc2)cc1. The van der Waals surface area contributed by atoms with Gasteiger partial charge in [0.1, 0.15) is 59.9 Å². The Morgan fingerprint density at radius 1 is 0.588 bits per heavy atom. The maximum Gasteiger partial charge on any atom is 0.343 e. The second kappa shape index (κ2) is 45.4. The van der Waals surface area contributed by atoms with Crippen LogP contribution in [0.4, 0.5) is 0 Å². The van der Waals surface area contributed by atoms with Gasteiger partial charge in [-0.2, -0.15) is 0 Å². The average molecular weight is 1290 g/mol. The van der Waals surface area contributed by atoms with E-state index in [-0.39, 0.29) is 78.8 Å². The molecule has 2 aliphatic rings. The van der Waals surface area contributed by atoms with E-state index in [1.165, 1.54) is 14.2 Å². The summed E-state index contributed by atoms with van der Waals surface area (Å²) in [6.45, 7) is 7.53. The lowest BCUT2D eigenvalue weighted by atomic mass is 9.78. The molecule has 7 unspecified atom stereocenters. The fourth-order valence-corrected chi connectivity index (χ4v) is 14.7. The molecule has 2 fully saturated rings. The summed E-state index contributed by atoms with van der Waals surface area (Å²) in [6, 6.07) is 22.7. The summed E-state index contributed by atoms with van der Waals surface area (Å²) in [6.07, 6.45) is 10.3. The minimum Gasteiger partial charge on any atom is -0.620 e. The van der Waals surface area contributed by atoms with Gasteiger partial charge in [-0.25, -0.2) is 14.4 Å². The van der Waals surface area contributed by atoms with Crippen LogP contribution in [0.25, 0.3) is 11.1 Å². The Labute approximate surface area is 514 Å². The van der Waals surface area contributed by atoms with Crippen LogP contribution in [0.1, 0.15) is 177 Å². The number of carbonyl (C=O) groups excluding carboxylic acids is 3. The second-order valence-electron chi connectivity index (χ2n) is 18.1. The van der Waals surface area contributed by atoms with E-state index in [9.17, 15) is 29.1 Å². The number of rotatable bonds is 22. The summed E-state index contributed by atoms with van der Waals surface area (Å²) in [5.41, 5.74) is 2.21. The molecule has 0 N–H and O–H groups in total. The third-order valence-electron chi connectivity index (χ3n) is 13.9. The second-order valence-corrected chi connectivity index (χ2v) is 30.5. The van der Waals surface area contributed by atoms with Crippen LogP contribution in [0, 0.1) is 11.3 Å². The van der Waals surface area contributed by atoms with E-state index in [2.05, 4.69) is 0 Å². The monoisotopic (exact) mass is 1290 g/mol. The summed E-state index contributed by atoms with van der Waals surface area (Å²) in [5, 5.41) is 0.725. The summed E-state index contributed by atoms with van der Waals surface area (Å²) < 4.78 is 31.8. The summed E-state index contributed by atoms with van der Waals surface area (Å²) >= 11 is 14.3. The normalized spacial score (nSPS) is 17.8. The Morgan fingerprint density at radius 3 is 1.40 bits per heavy atom. The van der Waals surface area contributed by atoms with Crippen molar-refractivity contribution in [3.63, 3.8) is 0 Å². The molecule has 0 saturated heterocycles. The summed E-state index contributed by atoms with van der Waals surface area (Å²) in [7, 11) is 7.59. The van der Waals surface area contributed by atoms with Crippen molar-refractivity contribution >= 4 is 106 Å². The molecular weight excluding hydrogens is 1190 g/mol. The van der Waals surface area contributed by atoms with Crippen LogP contribution in [-0.4, -0.2) is 81.1 Å². The molecule has 12 nitrogen and oxygen atoms in total.